The van der Waals surface area contributed by atoms with Crippen molar-refractivity contribution in [2.45, 2.75) is 6.18 Å². The van der Waals surface area contributed by atoms with E-state index in [2.05, 4.69) is 0 Å². The molecule has 26 heavy (non-hydrogen) atoms. The van der Waals surface area contributed by atoms with Gasteiger partial charge in [-0.2, -0.15) is 18.4 Å². The molecule has 0 unspecified atom stereocenters. The van der Waals surface area contributed by atoms with Gasteiger partial charge >= 0.3 is 12.1 Å². The molecule has 0 saturated carbocycles. The van der Waals surface area contributed by atoms with Crippen molar-refractivity contribution in [3.05, 3.63) is 62.2 Å². The van der Waals surface area contributed by atoms with Gasteiger partial charge in [0.1, 0.15) is 17.4 Å². The van der Waals surface area contributed by atoms with E-state index in [0.717, 1.165) is 18.2 Å². The number of benzene rings is 2. The summed E-state index contributed by atoms with van der Waals surface area (Å²) in [6, 6.07) is 5.24. The quantitative estimate of drug-likeness (QED) is 0.605. The largest absolute Gasteiger partial charge is 0.477 e. The average Bonchev–Trinajstić information content (AvgIpc) is 2.55. The minimum Gasteiger partial charge on any atom is -0.477 e. The molecule has 2 aromatic rings. The highest BCUT2D eigenvalue weighted by Crippen LogP contribution is 2.39. The van der Waals surface area contributed by atoms with Gasteiger partial charge in [-0.1, -0.05) is 11.6 Å². The molecular weight excluding hydrogens is 381 g/mol. The molecular formula is C15H6ClF3N2O5. The molecule has 0 radical (unpaired) electrons. The van der Waals surface area contributed by atoms with Crippen LogP contribution in [0.15, 0.2) is 30.3 Å². The second-order valence-electron chi connectivity index (χ2n) is 4.79. The van der Waals surface area contributed by atoms with Crippen LogP contribution in [0.25, 0.3) is 0 Å². The first-order valence-electron chi connectivity index (χ1n) is 6.55. The number of aromatic carboxylic acids is 1. The van der Waals surface area contributed by atoms with E-state index in [1.54, 1.807) is 0 Å². The molecule has 2 rings (SSSR count). The fraction of sp³-hybridized carbons (Fsp3) is 0.0667. The smallest absolute Gasteiger partial charge is 0.416 e. The number of alkyl halides is 3. The molecule has 0 aliphatic rings. The summed E-state index contributed by atoms with van der Waals surface area (Å²) in [5.74, 6) is -2.31. The Balaban J connectivity index is 2.52. The zero-order chi connectivity index (χ0) is 19.6. The van der Waals surface area contributed by atoms with E-state index in [1.165, 1.54) is 6.07 Å². The van der Waals surface area contributed by atoms with Crippen LogP contribution in [-0.2, 0) is 6.18 Å². The lowest BCUT2D eigenvalue weighted by atomic mass is 10.1. The maximum atomic E-state index is 12.8. The Labute approximate surface area is 147 Å². The van der Waals surface area contributed by atoms with Crippen molar-refractivity contribution in [2.24, 2.45) is 0 Å². The highest BCUT2D eigenvalue weighted by molar-refractivity contribution is 6.32. The van der Waals surface area contributed by atoms with Gasteiger partial charge in [-0.15, -0.1) is 0 Å². The molecule has 0 saturated heterocycles. The van der Waals surface area contributed by atoms with Crippen molar-refractivity contribution in [2.75, 3.05) is 0 Å². The van der Waals surface area contributed by atoms with E-state index in [-0.39, 0.29) is 5.75 Å². The molecule has 1 N–H and O–H groups in total. The Hall–Kier alpha value is -3.32. The van der Waals surface area contributed by atoms with Crippen LogP contribution in [-0.4, -0.2) is 16.0 Å². The predicted molar refractivity (Wildman–Crippen MR) is 81.3 cm³/mol. The van der Waals surface area contributed by atoms with E-state index in [4.69, 9.17) is 26.7 Å². The average molecular weight is 387 g/mol. The zero-order valence-corrected chi connectivity index (χ0v) is 13.1. The number of nitrogens with zero attached hydrogens (tertiary/aromatic N) is 2. The lowest BCUT2D eigenvalue weighted by Crippen LogP contribution is -2.06. The third-order valence-electron chi connectivity index (χ3n) is 3.11. The van der Waals surface area contributed by atoms with Crippen LogP contribution < -0.4 is 4.74 Å². The summed E-state index contributed by atoms with van der Waals surface area (Å²) in [7, 11) is 0. The van der Waals surface area contributed by atoms with Crippen LogP contribution in [0, 0.1) is 21.4 Å². The van der Waals surface area contributed by atoms with Crippen molar-refractivity contribution in [1.29, 1.82) is 5.26 Å². The minimum absolute atomic E-state index is 0.258. The highest BCUT2D eigenvalue weighted by atomic mass is 35.5. The number of carboxylic acid groups (broad SMARTS) is 1. The van der Waals surface area contributed by atoms with E-state index >= 15 is 0 Å². The summed E-state index contributed by atoms with van der Waals surface area (Å²) in [6.07, 6.45) is -4.74. The van der Waals surface area contributed by atoms with Crippen LogP contribution in [0.5, 0.6) is 11.5 Å². The Morgan fingerprint density at radius 3 is 2.46 bits per heavy atom. The second kappa shape index (κ2) is 6.89. The number of ether oxygens (including phenoxy) is 1. The molecule has 0 aromatic heterocycles. The van der Waals surface area contributed by atoms with E-state index in [0.29, 0.717) is 12.1 Å². The molecule has 0 amide bonds. The monoisotopic (exact) mass is 386 g/mol. The Kier molecular flexibility index (Phi) is 5.04. The highest BCUT2D eigenvalue weighted by Gasteiger charge is 2.32. The number of hydrogen-bond donors (Lipinski definition) is 1. The van der Waals surface area contributed by atoms with E-state index in [1.807, 2.05) is 0 Å². The maximum Gasteiger partial charge on any atom is 0.416 e. The van der Waals surface area contributed by atoms with Crippen LogP contribution in [0.4, 0.5) is 18.9 Å². The first-order chi connectivity index (χ1) is 12.0. The minimum atomic E-state index is -4.74. The number of halogens is 4. The number of hydrogen-bond acceptors (Lipinski definition) is 5. The summed E-state index contributed by atoms with van der Waals surface area (Å²) < 4.78 is 43.5. The molecule has 2 aromatic carbocycles. The molecule has 11 heteroatoms. The fourth-order valence-electron chi connectivity index (χ4n) is 1.97. The normalized spacial score (nSPS) is 10.9. The summed E-state index contributed by atoms with van der Waals surface area (Å²) in [4.78, 5) is 21.0. The lowest BCUT2D eigenvalue weighted by molar-refractivity contribution is -0.385. The third kappa shape index (κ3) is 3.84. The van der Waals surface area contributed by atoms with Crippen LogP contribution in [0.2, 0.25) is 5.02 Å². The van der Waals surface area contributed by atoms with E-state index in [9.17, 15) is 28.1 Å². The predicted octanol–water partition coefficient (Wildman–Crippen LogP) is 4.63. The second-order valence-corrected chi connectivity index (χ2v) is 5.19. The van der Waals surface area contributed by atoms with E-state index < -0.39 is 50.2 Å². The summed E-state index contributed by atoms with van der Waals surface area (Å²) in [6.45, 7) is 0. The number of rotatable bonds is 4. The van der Waals surface area contributed by atoms with Crippen molar-refractivity contribution in [3.63, 3.8) is 0 Å². The summed E-state index contributed by atoms with van der Waals surface area (Å²) in [5, 5.41) is 28.3. The van der Waals surface area contributed by atoms with Crippen LogP contribution in [0.3, 0.4) is 0 Å². The molecule has 7 nitrogen and oxygen atoms in total. The Morgan fingerprint density at radius 1 is 1.31 bits per heavy atom. The zero-order valence-electron chi connectivity index (χ0n) is 12.4. The molecule has 0 fully saturated rings. The third-order valence-corrected chi connectivity index (χ3v) is 3.39. The van der Waals surface area contributed by atoms with Gasteiger partial charge in [0.15, 0.2) is 5.75 Å². The molecule has 0 aliphatic heterocycles. The van der Waals surface area contributed by atoms with Gasteiger partial charge < -0.3 is 9.84 Å². The Morgan fingerprint density at radius 2 is 1.96 bits per heavy atom. The SMILES string of the molecule is N#Cc1cc(C(F)(F)F)cc(Cl)c1Oc1ccc([N+](=O)[O-])c(C(=O)O)c1. The topological polar surface area (TPSA) is 113 Å². The van der Waals surface area contributed by atoms with Gasteiger partial charge in [-0.25, -0.2) is 4.79 Å². The number of nitro groups is 1. The van der Waals surface area contributed by atoms with Crippen molar-refractivity contribution >= 4 is 23.3 Å². The molecule has 0 aliphatic carbocycles. The van der Waals surface area contributed by atoms with Crippen molar-refractivity contribution in [3.8, 4) is 17.6 Å². The molecule has 0 bridgehead atoms. The lowest BCUT2D eigenvalue weighted by Gasteiger charge is -2.13. The summed E-state index contributed by atoms with van der Waals surface area (Å²) >= 11 is 5.75. The standard InChI is InChI=1S/C15H6ClF3N2O5/c16-11-4-8(15(17,18)19)3-7(6-20)13(11)26-9-1-2-12(21(24)25)10(5-9)14(22)23/h1-5H,(H,22,23). The van der Waals surface area contributed by atoms with Gasteiger partial charge in [0.05, 0.1) is 21.1 Å². The van der Waals surface area contributed by atoms with Crippen LogP contribution >= 0.6 is 11.6 Å². The van der Waals surface area contributed by atoms with Gasteiger partial charge in [0.25, 0.3) is 5.69 Å². The molecule has 0 spiro atoms. The Bertz CT molecular complexity index is 954. The maximum absolute atomic E-state index is 12.8. The first kappa shape index (κ1) is 19.0. The number of nitriles is 1. The van der Waals surface area contributed by atoms with Gasteiger partial charge in [0, 0.05) is 12.1 Å². The van der Waals surface area contributed by atoms with Crippen molar-refractivity contribution < 1.29 is 32.7 Å². The number of carbonyl (C=O) groups is 1. The van der Waals surface area contributed by atoms with Gasteiger partial charge in [0.2, 0.25) is 0 Å². The summed E-state index contributed by atoms with van der Waals surface area (Å²) in [5.41, 5.74) is -3.11. The molecule has 0 heterocycles. The first-order valence-corrected chi connectivity index (χ1v) is 6.92. The molecule has 134 valence electrons. The van der Waals surface area contributed by atoms with Crippen molar-refractivity contribution in [1.82, 2.24) is 0 Å². The van der Waals surface area contributed by atoms with Crippen LogP contribution in [0.1, 0.15) is 21.5 Å². The molecule has 0 atom stereocenters. The van der Waals surface area contributed by atoms with Gasteiger partial charge in [-0.05, 0) is 18.2 Å². The number of carboxylic acids is 1. The fourth-order valence-corrected chi connectivity index (χ4v) is 2.23. The van der Waals surface area contributed by atoms with Gasteiger partial charge in [-0.3, -0.25) is 10.1 Å². The number of nitro benzene ring substituents is 1.